The summed E-state index contributed by atoms with van der Waals surface area (Å²) >= 11 is 0. The topological polar surface area (TPSA) is 78.4 Å². The normalized spacial score (nSPS) is 13.0. The van der Waals surface area contributed by atoms with Crippen LogP contribution in [0, 0.1) is 5.41 Å². The molecule has 0 aliphatic rings. The molecule has 0 bridgehead atoms. The van der Waals surface area contributed by atoms with Gasteiger partial charge in [0.05, 0.1) is 6.10 Å². The minimum absolute atomic E-state index is 0.0386. The first-order chi connectivity index (χ1) is 7.79. The second-order valence-electron chi connectivity index (χ2n) is 4.90. The number of hydrogen-bond acceptors (Lipinski definition) is 3. The molecule has 0 aliphatic carbocycles. The molecule has 0 saturated carbocycles. The van der Waals surface area contributed by atoms with Crippen LogP contribution in [0.5, 0.6) is 0 Å². The van der Waals surface area contributed by atoms with Gasteiger partial charge in [-0.05, 0) is 13.3 Å². The van der Waals surface area contributed by atoms with E-state index >= 15 is 0 Å². The summed E-state index contributed by atoms with van der Waals surface area (Å²) < 4.78 is 0. The van der Waals surface area contributed by atoms with E-state index in [0.29, 0.717) is 6.54 Å². The van der Waals surface area contributed by atoms with Crippen LogP contribution in [0.2, 0.25) is 0 Å². The Morgan fingerprint density at radius 2 is 1.88 bits per heavy atom. The summed E-state index contributed by atoms with van der Waals surface area (Å²) in [6.45, 7) is 7.87. The Labute approximate surface area is 103 Å². The molecule has 5 heteroatoms. The van der Waals surface area contributed by atoms with Crippen molar-refractivity contribution in [2.24, 2.45) is 5.41 Å². The summed E-state index contributed by atoms with van der Waals surface area (Å²) in [6.07, 6.45) is 0.443. The third-order valence-corrected chi connectivity index (χ3v) is 2.73. The molecule has 5 nitrogen and oxygen atoms in total. The molecule has 0 spiro atoms. The molecule has 2 amide bonds. The number of nitrogens with one attached hydrogen (secondary N) is 2. The highest BCUT2D eigenvalue weighted by Gasteiger charge is 2.24. The van der Waals surface area contributed by atoms with Gasteiger partial charge < -0.3 is 15.7 Å². The average molecular weight is 244 g/mol. The SMILES string of the molecule is CCC(C)(C)C(=O)NCCC(=O)NCC(C)O. The molecule has 0 rings (SSSR count). The van der Waals surface area contributed by atoms with Gasteiger partial charge in [0.2, 0.25) is 11.8 Å². The van der Waals surface area contributed by atoms with Crippen LogP contribution in [0.15, 0.2) is 0 Å². The quantitative estimate of drug-likeness (QED) is 0.607. The van der Waals surface area contributed by atoms with Crippen LogP contribution in [0.1, 0.15) is 40.5 Å². The molecule has 1 unspecified atom stereocenters. The summed E-state index contributed by atoms with van der Waals surface area (Å²) in [4.78, 5) is 22.9. The first-order valence-corrected chi connectivity index (χ1v) is 6.02. The van der Waals surface area contributed by atoms with Crippen LogP contribution in [0.3, 0.4) is 0 Å². The van der Waals surface area contributed by atoms with Crippen molar-refractivity contribution >= 4 is 11.8 Å². The maximum absolute atomic E-state index is 11.7. The van der Waals surface area contributed by atoms with E-state index in [4.69, 9.17) is 5.11 Å². The van der Waals surface area contributed by atoms with Crippen LogP contribution in [0.25, 0.3) is 0 Å². The first kappa shape index (κ1) is 15.9. The van der Waals surface area contributed by atoms with E-state index in [1.54, 1.807) is 6.92 Å². The van der Waals surface area contributed by atoms with E-state index in [1.165, 1.54) is 0 Å². The lowest BCUT2D eigenvalue weighted by atomic mass is 9.89. The molecular weight excluding hydrogens is 220 g/mol. The number of carbonyl (C=O) groups excluding carboxylic acids is 2. The van der Waals surface area contributed by atoms with Crippen LogP contribution >= 0.6 is 0 Å². The zero-order valence-electron chi connectivity index (χ0n) is 11.2. The Morgan fingerprint density at radius 1 is 1.29 bits per heavy atom. The average Bonchev–Trinajstić information content (AvgIpc) is 2.26. The highest BCUT2D eigenvalue weighted by Crippen LogP contribution is 2.19. The second-order valence-corrected chi connectivity index (χ2v) is 4.90. The van der Waals surface area contributed by atoms with Gasteiger partial charge in [-0.3, -0.25) is 9.59 Å². The Hall–Kier alpha value is -1.10. The van der Waals surface area contributed by atoms with Gasteiger partial charge in [-0.25, -0.2) is 0 Å². The number of aliphatic hydroxyl groups excluding tert-OH is 1. The molecule has 0 aromatic rings. The third kappa shape index (κ3) is 6.94. The number of hydrogen-bond donors (Lipinski definition) is 3. The number of carbonyl (C=O) groups is 2. The van der Waals surface area contributed by atoms with Gasteiger partial charge in [0.15, 0.2) is 0 Å². The lowest BCUT2D eigenvalue weighted by Crippen LogP contribution is -2.39. The van der Waals surface area contributed by atoms with E-state index in [9.17, 15) is 9.59 Å². The van der Waals surface area contributed by atoms with Gasteiger partial charge in [0.25, 0.3) is 0 Å². The van der Waals surface area contributed by atoms with Gasteiger partial charge >= 0.3 is 0 Å². The molecular formula is C12H24N2O3. The van der Waals surface area contributed by atoms with Crippen LogP contribution in [0.4, 0.5) is 0 Å². The van der Waals surface area contributed by atoms with Gasteiger partial charge in [0, 0.05) is 24.9 Å². The van der Waals surface area contributed by atoms with Gasteiger partial charge in [-0.1, -0.05) is 20.8 Å². The molecule has 100 valence electrons. The van der Waals surface area contributed by atoms with Crippen molar-refractivity contribution < 1.29 is 14.7 Å². The maximum Gasteiger partial charge on any atom is 0.225 e. The summed E-state index contributed by atoms with van der Waals surface area (Å²) in [5.74, 6) is -0.205. The van der Waals surface area contributed by atoms with Crippen molar-refractivity contribution in [2.75, 3.05) is 13.1 Å². The fourth-order valence-electron chi connectivity index (χ4n) is 1.04. The third-order valence-electron chi connectivity index (χ3n) is 2.73. The lowest BCUT2D eigenvalue weighted by molar-refractivity contribution is -0.129. The summed E-state index contributed by atoms with van der Waals surface area (Å²) in [5.41, 5.74) is -0.393. The monoisotopic (exact) mass is 244 g/mol. The Kier molecular flexibility index (Phi) is 6.80. The molecule has 3 N–H and O–H groups in total. The number of amides is 2. The Morgan fingerprint density at radius 3 is 2.35 bits per heavy atom. The van der Waals surface area contributed by atoms with E-state index in [-0.39, 0.29) is 24.8 Å². The molecule has 0 heterocycles. The lowest BCUT2D eigenvalue weighted by Gasteiger charge is -2.21. The zero-order valence-corrected chi connectivity index (χ0v) is 11.2. The highest BCUT2D eigenvalue weighted by atomic mass is 16.3. The summed E-state index contributed by atoms with van der Waals surface area (Å²) in [7, 11) is 0. The highest BCUT2D eigenvalue weighted by molar-refractivity contribution is 5.82. The molecule has 17 heavy (non-hydrogen) atoms. The van der Waals surface area contributed by atoms with Crippen LogP contribution < -0.4 is 10.6 Å². The summed E-state index contributed by atoms with van der Waals surface area (Å²) in [6, 6.07) is 0. The molecule has 1 atom stereocenters. The maximum atomic E-state index is 11.7. The van der Waals surface area contributed by atoms with E-state index in [2.05, 4.69) is 10.6 Å². The fraction of sp³-hybridized carbons (Fsp3) is 0.833. The van der Waals surface area contributed by atoms with Gasteiger partial charge in [0.1, 0.15) is 0 Å². The van der Waals surface area contributed by atoms with Gasteiger partial charge in [-0.2, -0.15) is 0 Å². The predicted molar refractivity (Wildman–Crippen MR) is 66.4 cm³/mol. The van der Waals surface area contributed by atoms with E-state index < -0.39 is 11.5 Å². The summed E-state index contributed by atoms with van der Waals surface area (Å²) in [5, 5.41) is 14.3. The predicted octanol–water partition coefficient (Wildman–Crippen LogP) is 0.426. The number of rotatable bonds is 7. The molecule has 0 saturated heterocycles. The smallest absolute Gasteiger partial charge is 0.225 e. The molecule has 0 aromatic carbocycles. The van der Waals surface area contributed by atoms with Crippen molar-refractivity contribution in [1.82, 2.24) is 10.6 Å². The van der Waals surface area contributed by atoms with Crippen molar-refractivity contribution in [2.45, 2.75) is 46.6 Å². The Bertz CT molecular complexity index is 262. The minimum atomic E-state index is -0.549. The Balaban J connectivity index is 3.77. The minimum Gasteiger partial charge on any atom is -0.392 e. The van der Waals surface area contributed by atoms with E-state index in [1.807, 2.05) is 20.8 Å². The van der Waals surface area contributed by atoms with E-state index in [0.717, 1.165) is 6.42 Å². The standard InChI is InChI=1S/C12H24N2O3/c1-5-12(3,4)11(17)13-7-6-10(16)14-8-9(2)15/h9,15H,5-8H2,1-4H3,(H,13,17)(H,14,16). The molecule has 0 radical (unpaired) electrons. The largest absolute Gasteiger partial charge is 0.392 e. The zero-order chi connectivity index (χ0) is 13.5. The number of aliphatic hydroxyl groups is 1. The van der Waals surface area contributed by atoms with Crippen molar-refractivity contribution in [3.63, 3.8) is 0 Å². The fourth-order valence-corrected chi connectivity index (χ4v) is 1.04. The van der Waals surface area contributed by atoms with Crippen LogP contribution in [-0.4, -0.2) is 36.1 Å². The molecule has 0 aromatic heterocycles. The van der Waals surface area contributed by atoms with Crippen molar-refractivity contribution in [3.8, 4) is 0 Å². The van der Waals surface area contributed by atoms with Crippen molar-refractivity contribution in [3.05, 3.63) is 0 Å². The molecule has 0 aliphatic heterocycles. The van der Waals surface area contributed by atoms with Crippen LogP contribution in [-0.2, 0) is 9.59 Å². The molecule has 0 fully saturated rings. The first-order valence-electron chi connectivity index (χ1n) is 6.02. The van der Waals surface area contributed by atoms with Gasteiger partial charge in [-0.15, -0.1) is 0 Å². The second kappa shape index (κ2) is 7.27. The van der Waals surface area contributed by atoms with Crippen molar-refractivity contribution in [1.29, 1.82) is 0 Å².